The van der Waals surface area contributed by atoms with Crippen molar-refractivity contribution >= 4 is 17.1 Å². The van der Waals surface area contributed by atoms with Crippen LogP contribution >= 0.6 is 0 Å². The lowest BCUT2D eigenvalue weighted by Crippen LogP contribution is -2.24. The summed E-state index contributed by atoms with van der Waals surface area (Å²) in [6, 6.07) is 10.5. The minimum atomic E-state index is 0.353. The van der Waals surface area contributed by atoms with Gasteiger partial charge in [0.15, 0.2) is 0 Å². The molecule has 26 heavy (non-hydrogen) atoms. The van der Waals surface area contributed by atoms with Gasteiger partial charge in [0.05, 0.1) is 0 Å². The van der Waals surface area contributed by atoms with E-state index in [-0.39, 0.29) is 0 Å². The molecule has 1 saturated carbocycles. The molecule has 1 aliphatic carbocycles. The van der Waals surface area contributed by atoms with Crippen molar-refractivity contribution < 1.29 is 4.74 Å². The van der Waals surface area contributed by atoms with Crippen molar-refractivity contribution in [3.8, 4) is 17.0 Å². The molecule has 0 saturated heterocycles. The van der Waals surface area contributed by atoms with Crippen molar-refractivity contribution in [2.75, 3.05) is 0 Å². The maximum atomic E-state index is 5.85. The maximum absolute atomic E-state index is 5.85. The molecule has 3 aromatic rings. The Morgan fingerprint density at radius 1 is 1.23 bits per heavy atom. The molecule has 2 heterocycles. The predicted octanol–water partition coefficient (Wildman–Crippen LogP) is 5.04. The van der Waals surface area contributed by atoms with Crippen LogP contribution in [0.2, 0.25) is 0 Å². The van der Waals surface area contributed by atoms with Gasteiger partial charge in [-0.05, 0) is 43.9 Å². The number of aromatic nitrogens is 2. The van der Waals surface area contributed by atoms with Gasteiger partial charge in [-0.25, -0.2) is 4.98 Å². The Kier molecular flexibility index (Phi) is 4.33. The number of hydrogen-bond acceptors (Lipinski definition) is 3. The first-order chi connectivity index (χ1) is 12.7. The maximum Gasteiger partial charge on any atom is 0.213 e. The Bertz CT molecular complexity index is 979. The highest BCUT2D eigenvalue weighted by molar-refractivity contribution is 6.02. The van der Waals surface area contributed by atoms with Crippen LogP contribution in [0.1, 0.15) is 30.5 Å². The highest BCUT2D eigenvalue weighted by atomic mass is 16.5. The zero-order valence-electron chi connectivity index (χ0n) is 15.3. The molecule has 0 aliphatic heterocycles. The van der Waals surface area contributed by atoms with Gasteiger partial charge in [-0.1, -0.05) is 18.7 Å². The molecular formula is C22H23N3O. The lowest BCUT2D eigenvalue weighted by molar-refractivity contribution is 0.114. The quantitative estimate of drug-likeness (QED) is 0.608. The van der Waals surface area contributed by atoms with Crippen LogP contribution < -0.4 is 4.74 Å². The summed E-state index contributed by atoms with van der Waals surface area (Å²) in [7, 11) is 2.08. The van der Waals surface area contributed by atoms with Crippen LogP contribution in [0.5, 0.6) is 5.88 Å². The van der Waals surface area contributed by atoms with E-state index in [9.17, 15) is 0 Å². The molecule has 0 bridgehead atoms. The SMILES string of the molecule is C=CN=Cc1c(C)n(C)c2cc(-c3ccc(OC4CCC4)nc3)ccc12. The van der Waals surface area contributed by atoms with E-state index >= 15 is 0 Å². The number of pyridine rings is 1. The van der Waals surface area contributed by atoms with E-state index in [1.807, 2.05) is 18.5 Å². The second-order valence-corrected chi connectivity index (χ2v) is 6.81. The standard InChI is InChI=1S/C22H23N3O/c1-4-23-14-20-15(2)25(3)21-12-16(8-10-19(20)21)17-9-11-22(24-13-17)26-18-6-5-7-18/h4,8-14,18H,1,5-7H2,2-3H3. The average Bonchev–Trinajstić information content (AvgIpc) is 2.87. The number of benzene rings is 1. The number of rotatable bonds is 5. The summed E-state index contributed by atoms with van der Waals surface area (Å²) in [4.78, 5) is 8.67. The van der Waals surface area contributed by atoms with Crippen LogP contribution in [0.3, 0.4) is 0 Å². The molecule has 1 fully saturated rings. The largest absolute Gasteiger partial charge is 0.474 e. The number of aliphatic imine (C=N–C) groups is 1. The van der Waals surface area contributed by atoms with Gasteiger partial charge in [0.25, 0.3) is 0 Å². The first-order valence-electron chi connectivity index (χ1n) is 9.03. The lowest BCUT2D eigenvalue weighted by Gasteiger charge is -2.25. The zero-order valence-corrected chi connectivity index (χ0v) is 15.3. The molecule has 2 aromatic heterocycles. The van der Waals surface area contributed by atoms with Gasteiger partial charge in [0, 0.05) is 59.4 Å². The zero-order chi connectivity index (χ0) is 18.1. The summed E-state index contributed by atoms with van der Waals surface area (Å²) in [5.74, 6) is 0.720. The van der Waals surface area contributed by atoms with E-state index in [2.05, 4.69) is 59.4 Å². The fourth-order valence-corrected chi connectivity index (χ4v) is 3.34. The molecule has 132 valence electrons. The summed E-state index contributed by atoms with van der Waals surface area (Å²) in [5, 5.41) is 1.19. The van der Waals surface area contributed by atoms with Crippen LogP contribution in [0.4, 0.5) is 0 Å². The topological polar surface area (TPSA) is 39.4 Å². The smallest absolute Gasteiger partial charge is 0.213 e. The molecule has 0 N–H and O–H groups in total. The second kappa shape index (κ2) is 6.79. The first kappa shape index (κ1) is 16.6. The fourth-order valence-electron chi connectivity index (χ4n) is 3.34. The van der Waals surface area contributed by atoms with Gasteiger partial charge in [-0.15, -0.1) is 0 Å². The van der Waals surface area contributed by atoms with Crippen LogP contribution in [0.15, 0.2) is 54.3 Å². The highest BCUT2D eigenvalue weighted by Crippen LogP contribution is 2.30. The van der Waals surface area contributed by atoms with Gasteiger partial charge >= 0.3 is 0 Å². The molecule has 0 radical (unpaired) electrons. The monoisotopic (exact) mass is 345 g/mol. The van der Waals surface area contributed by atoms with Crippen molar-refractivity contribution in [1.82, 2.24) is 9.55 Å². The predicted molar refractivity (Wildman–Crippen MR) is 107 cm³/mol. The Labute approximate surface area is 153 Å². The van der Waals surface area contributed by atoms with E-state index in [1.165, 1.54) is 23.0 Å². The van der Waals surface area contributed by atoms with Gasteiger partial charge in [0.1, 0.15) is 6.10 Å². The first-order valence-corrected chi connectivity index (χ1v) is 9.03. The van der Waals surface area contributed by atoms with Gasteiger partial charge in [-0.3, -0.25) is 4.99 Å². The molecule has 0 spiro atoms. The molecule has 4 heteroatoms. The van der Waals surface area contributed by atoms with E-state index in [0.29, 0.717) is 6.10 Å². The van der Waals surface area contributed by atoms with Gasteiger partial charge in [-0.2, -0.15) is 0 Å². The van der Waals surface area contributed by atoms with E-state index in [0.717, 1.165) is 35.4 Å². The van der Waals surface area contributed by atoms with E-state index in [1.54, 1.807) is 6.20 Å². The average molecular weight is 345 g/mol. The minimum absolute atomic E-state index is 0.353. The Balaban J connectivity index is 1.67. The molecule has 4 rings (SSSR count). The van der Waals surface area contributed by atoms with Crippen LogP contribution in [0, 0.1) is 6.92 Å². The van der Waals surface area contributed by atoms with Crippen LogP contribution in [0.25, 0.3) is 22.0 Å². The fraction of sp³-hybridized carbons (Fsp3) is 0.273. The van der Waals surface area contributed by atoms with Crippen molar-refractivity contribution in [2.24, 2.45) is 12.0 Å². The van der Waals surface area contributed by atoms with Gasteiger partial charge in [0.2, 0.25) is 5.88 Å². The summed E-state index contributed by atoms with van der Waals surface area (Å²) >= 11 is 0. The summed E-state index contributed by atoms with van der Waals surface area (Å²) in [5.41, 5.74) is 5.74. The van der Waals surface area contributed by atoms with Crippen molar-refractivity contribution in [3.05, 3.63) is 60.6 Å². The van der Waals surface area contributed by atoms with Crippen molar-refractivity contribution in [2.45, 2.75) is 32.3 Å². The molecule has 0 atom stereocenters. The van der Waals surface area contributed by atoms with Crippen molar-refractivity contribution in [3.63, 3.8) is 0 Å². The van der Waals surface area contributed by atoms with Crippen molar-refractivity contribution in [1.29, 1.82) is 0 Å². The lowest BCUT2D eigenvalue weighted by atomic mass is 9.96. The van der Waals surface area contributed by atoms with E-state index < -0.39 is 0 Å². The normalized spacial score (nSPS) is 14.7. The Hall–Kier alpha value is -2.88. The van der Waals surface area contributed by atoms with Crippen LogP contribution in [-0.4, -0.2) is 21.9 Å². The number of fused-ring (bicyclic) bond motifs is 1. The minimum Gasteiger partial charge on any atom is -0.474 e. The van der Waals surface area contributed by atoms with E-state index in [4.69, 9.17) is 4.74 Å². The highest BCUT2D eigenvalue weighted by Gasteiger charge is 2.19. The molecule has 1 aromatic carbocycles. The number of ether oxygens (including phenoxy) is 1. The third-order valence-corrected chi connectivity index (χ3v) is 5.26. The van der Waals surface area contributed by atoms with Gasteiger partial charge < -0.3 is 9.30 Å². The Morgan fingerprint density at radius 3 is 2.69 bits per heavy atom. The molecular weight excluding hydrogens is 322 g/mol. The summed E-state index contributed by atoms with van der Waals surface area (Å²) < 4.78 is 8.05. The summed E-state index contributed by atoms with van der Waals surface area (Å²) in [6.45, 7) is 5.77. The third-order valence-electron chi connectivity index (χ3n) is 5.26. The number of hydrogen-bond donors (Lipinski definition) is 0. The molecule has 4 nitrogen and oxygen atoms in total. The molecule has 1 aliphatic rings. The molecule has 0 unspecified atom stereocenters. The second-order valence-electron chi connectivity index (χ2n) is 6.81. The number of aryl methyl sites for hydroxylation is 1. The third kappa shape index (κ3) is 2.92. The summed E-state index contributed by atoms with van der Waals surface area (Å²) in [6.07, 6.45) is 9.23. The van der Waals surface area contributed by atoms with Crippen LogP contribution in [-0.2, 0) is 7.05 Å². The molecule has 0 amide bonds. The Morgan fingerprint density at radius 2 is 2.04 bits per heavy atom. The number of nitrogens with zero attached hydrogens (tertiary/aromatic N) is 3.